The van der Waals surface area contributed by atoms with Crippen LogP contribution in [0.2, 0.25) is 0 Å². The summed E-state index contributed by atoms with van der Waals surface area (Å²) in [5.41, 5.74) is 9.49. The molecule has 8 aromatic rings. The van der Waals surface area contributed by atoms with Crippen molar-refractivity contribution in [3.8, 4) is 67.8 Å². The molecule has 0 unspecified atom stereocenters. The number of nitrogens with zero attached hydrogens (tertiary/aromatic N) is 5. The molecule has 0 saturated heterocycles. The number of rotatable bonds is 6. The minimum Gasteiger partial charge on any atom is -0.256 e. The van der Waals surface area contributed by atoms with E-state index < -0.39 is 0 Å². The number of fused-ring (bicyclic) bond motifs is 1. The highest BCUT2D eigenvalue weighted by molar-refractivity contribution is 5.84. The van der Waals surface area contributed by atoms with Crippen molar-refractivity contribution < 1.29 is 0 Å². The number of aromatic nitrogens is 5. The quantitative estimate of drug-likeness (QED) is 0.193. The molecule has 46 heavy (non-hydrogen) atoms. The normalized spacial score (nSPS) is 11.0. The van der Waals surface area contributed by atoms with Crippen LogP contribution in [0.25, 0.3) is 78.7 Å². The summed E-state index contributed by atoms with van der Waals surface area (Å²) in [4.78, 5) is 24.8. The lowest BCUT2D eigenvalue weighted by Crippen LogP contribution is -2.00. The fourth-order valence-electron chi connectivity index (χ4n) is 5.62. The Balaban J connectivity index is 1.34. The van der Waals surface area contributed by atoms with Crippen molar-refractivity contribution in [1.82, 2.24) is 24.9 Å². The fraction of sp³-hybridized carbons (Fsp3) is 0. The predicted molar refractivity (Wildman–Crippen MR) is 186 cm³/mol. The summed E-state index contributed by atoms with van der Waals surface area (Å²) >= 11 is 0. The molecule has 5 nitrogen and oxygen atoms in total. The molecule has 0 aliphatic rings. The Morgan fingerprint density at radius 1 is 0.304 bits per heavy atom. The molecule has 0 saturated carbocycles. The van der Waals surface area contributed by atoms with Crippen molar-refractivity contribution in [3.63, 3.8) is 0 Å². The van der Waals surface area contributed by atoms with Gasteiger partial charge in [-0.05, 0) is 53.6 Å². The van der Waals surface area contributed by atoms with Crippen LogP contribution in [-0.2, 0) is 0 Å². The molecule has 0 radical (unpaired) electrons. The third-order valence-corrected chi connectivity index (χ3v) is 7.95. The smallest absolute Gasteiger partial charge is 0.164 e. The van der Waals surface area contributed by atoms with Gasteiger partial charge < -0.3 is 0 Å². The fourth-order valence-corrected chi connectivity index (χ4v) is 5.62. The van der Waals surface area contributed by atoms with E-state index >= 15 is 0 Å². The summed E-state index contributed by atoms with van der Waals surface area (Å²) in [6.45, 7) is 0. The zero-order valence-corrected chi connectivity index (χ0v) is 24.8. The minimum absolute atomic E-state index is 0.579. The van der Waals surface area contributed by atoms with Crippen LogP contribution in [0.15, 0.2) is 164 Å². The molecule has 3 heterocycles. The van der Waals surface area contributed by atoms with Crippen molar-refractivity contribution in [1.29, 1.82) is 0 Å². The molecule has 216 valence electrons. The van der Waals surface area contributed by atoms with Gasteiger partial charge >= 0.3 is 0 Å². The summed E-state index contributed by atoms with van der Waals surface area (Å²) < 4.78 is 0. The number of hydrogen-bond acceptors (Lipinski definition) is 5. The second-order valence-electron chi connectivity index (χ2n) is 11.0. The van der Waals surface area contributed by atoms with E-state index in [1.54, 1.807) is 0 Å². The van der Waals surface area contributed by atoms with Gasteiger partial charge in [0.05, 0.1) is 16.9 Å². The van der Waals surface area contributed by atoms with Crippen molar-refractivity contribution in [3.05, 3.63) is 164 Å². The van der Waals surface area contributed by atoms with Gasteiger partial charge in [-0.1, -0.05) is 115 Å². The summed E-state index contributed by atoms with van der Waals surface area (Å²) in [6.07, 6.45) is 1.86. The van der Waals surface area contributed by atoms with Gasteiger partial charge in [0.25, 0.3) is 0 Å². The van der Waals surface area contributed by atoms with Crippen LogP contribution in [0.5, 0.6) is 0 Å². The van der Waals surface area contributed by atoms with E-state index in [1.165, 1.54) is 0 Å². The number of hydrogen-bond donors (Lipinski definition) is 0. The Bertz CT molecular complexity index is 2250. The van der Waals surface area contributed by atoms with E-state index in [-0.39, 0.29) is 0 Å². The molecule has 0 fully saturated rings. The van der Waals surface area contributed by atoms with Gasteiger partial charge in [-0.3, -0.25) is 4.98 Å². The van der Waals surface area contributed by atoms with Crippen LogP contribution in [0, 0.1) is 0 Å². The van der Waals surface area contributed by atoms with Crippen molar-refractivity contribution >= 4 is 10.9 Å². The Hall–Kier alpha value is -6.33. The van der Waals surface area contributed by atoms with Gasteiger partial charge in [0.2, 0.25) is 0 Å². The lowest BCUT2D eigenvalue weighted by Gasteiger charge is -2.13. The first-order valence-electron chi connectivity index (χ1n) is 15.2. The van der Waals surface area contributed by atoms with E-state index in [2.05, 4.69) is 66.7 Å². The summed E-state index contributed by atoms with van der Waals surface area (Å²) in [7, 11) is 0. The second-order valence-corrected chi connectivity index (χ2v) is 11.0. The Morgan fingerprint density at radius 3 is 1.48 bits per heavy atom. The van der Waals surface area contributed by atoms with Gasteiger partial charge in [0, 0.05) is 39.4 Å². The molecule has 0 N–H and O–H groups in total. The number of benzene rings is 5. The SMILES string of the molecule is c1ccc(-c2ccnc(-c3cc(-c4ccc5ccccc5n4)cc(-c4nc(-c5ccccc5)nc(-c5ccccc5)n4)c3)c2)cc1. The molecular formula is C41H27N5. The second kappa shape index (κ2) is 12.0. The molecule has 0 amide bonds. The first-order valence-corrected chi connectivity index (χ1v) is 15.2. The highest BCUT2D eigenvalue weighted by Gasteiger charge is 2.16. The lowest BCUT2D eigenvalue weighted by atomic mass is 9.98. The molecule has 0 aliphatic carbocycles. The van der Waals surface area contributed by atoms with Crippen LogP contribution in [0.4, 0.5) is 0 Å². The molecule has 0 spiro atoms. The molecule has 0 atom stereocenters. The third-order valence-electron chi connectivity index (χ3n) is 7.95. The number of pyridine rings is 2. The van der Waals surface area contributed by atoms with E-state index in [9.17, 15) is 0 Å². The molecular weight excluding hydrogens is 562 g/mol. The Morgan fingerprint density at radius 2 is 0.826 bits per heavy atom. The molecule has 3 aromatic heterocycles. The predicted octanol–water partition coefficient (Wildman–Crippen LogP) is 9.82. The van der Waals surface area contributed by atoms with Crippen molar-refractivity contribution in [2.24, 2.45) is 0 Å². The van der Waals surface area contributed by atoms with Gasteiger partial charge in [-0.15, -0.1) is 0 Å². The van der Waals surface area contributed by atoms with Crippen LogP contribution < -0.4 is 0 Å². The van der Waals surface area contributed by atoms with Crippen molar-refractivity contribution in [2.75, 3.05) is 0 Å². The summed E-state index contributed by atoms with van der Waals surface area (Å²) in [5.74, 6) is 1.81. The standard InChI is InChI=1S/C41H27N5/c1-4-12-28(13-5-1)32-22-23-42-38(27-32)34-24-33(37-21-20-29-14-10-11-19-36(29)43-37)25-35(26-34)41-45-39(30-15-6-2-7-16-30)44-40(46-41)31-17-8-3-9-18-31/h1-27H. The van der Waals surface area contributed by atoms with Gasteiger partial charge in [-0.25, -0.2) is 19.9 Å². The van der Waals surface area contributed by atoms with Crippen LogP contribution in [-0.4, -0.2) is 24.9 Å². The average Bonchev–Trinajstić information content (AvgIpc) is 3.15. The molecule has 8 rings (SSSR count). The first kappa shape index (κ1) is 27.2. The van der Waals surface area contributed by atoms with Crippen LogP contribution in [0.1, 0.15) is 0 Å². The van der Waals surface area contributed by atoms with Gasteiger partial charge in [0.15, 0.2) is 17.5 Å². The van der Waals surface area contributed by atoms with E-state index in [4.69, 9.17) is 24.9 Å². The maximum absolute atomic E-state index is 5.04. The van der Waals surface area contributed by atoms with Gasteiger partial charge in [0.1, 0.15) is 0 Å². The molecule has 5 heteroatoms. The monoisotopic (exact) mass is 589 g/mol. The van der Waals surface area contributed by atoms with Crippen LogP contribution in [0.3, 0.4) is 0 Å². The topological polar surface area (TPSA) is 64.5 Å². The van der Waals surface area contributed by atoms with E-state index in [0.717, 1.165) is 61.2 Å². The van der Waals surface area contributed by atoms with Crippen LogP contribution >= 0.6 is 0 Å². The van der Waals surface area contributed by atoms with Gasteiger partial charge in [-0.2, -0.15) is 0 Å². The lowest BCUT2D eigenvalue weighted by molar-refractivity contribution is 1.07. The first-order chi connectivity index (χ1) is 22.8. The minimum atomic E-state index is 0.579. The summed E-state index contributed by atoms with van der Waals surface area (Å²) in [6, 6.07) is 53.3. The summed E-state index contributed by atoms with van der Waals surface area (Å²) in [5, 5.41) is 1.09. The molecule has 5 aromatic carbocycles. The maximum atomic E-state index is 5.04. The zero-order valence-electron chi connectivity index (χ0n) is 24.8. The Kier molecular flexibility index (Phi) is 7.09. The van der Waals surface area contributed by atoms with E-state index in [0.29, 0.717) is 17.5 Å². The highest BCUT2D eigenvalue weighted by atomic mass is 15.0. The van der Waals surface area contributed by atoms with Crippen molar-refractivity contribution in [2.45, 2.75) is 0 Å². The molecule has 0 bridgehead atoms. The number of para-hydroxylation sites is 1. The zero-order chi connectivity index (χ0) is 30.7. The maximum Gasteiger partial charge on any atom is 0.164 e. The average molecular weight is 590 g/mol. The highest BCUT2D eigenvalue weighted by Crippen LogP contribution is 2.34. The van der Waals surface area contributed by atoms with E-state index in [1.807, 2.05) is 97.2 Å². The molecule has 0 aliphatic heterocycles. The third kappa shape index (κ3) is 5.53. The Labute approximate surface area is 267 Å². The largest absolute Gasteiger partial charge is 0.256 e.